The molecule has 0 saturated carbocycles. The van der Waals surface area contributed by atoms with Crippen LogP contribution in [0.4, 0.5) is 0 Å². The molecule has 1 aromatic rings. The Morgan fingerprint density at radius 1 is 1.59 bits per heavy atom. The topological polar surface area (TPSA) is 38.8 Å². The molecular formula is C17H25NO3S. The molecule has 2 aliphatic rings. The number of carbonyl (C=O) groups is 1. The van der Waals surface area contributed by atoms with E-state index in [-0.39, 0.29) is 17.4 Å². The Morgan fingerprint density at radius 3 is 3.27 bits per heavy atom. The van der Waals surface area contributed by atoms with E-state index in [4.69, 9.17) is 9.47 Å². The molecule has 3 heterocycles. The summed E-state index contributed by atoms with van der Waals surface area (Å²) in [6, 6.07) is 2.04. The summed E-state index contributed by atoms with van der Waals surface area (Å²) in [5.74, 6) is 0.235. The van der Waals surface area contributed by atoms with Gasteiger partial charge in [-0.1, -0.05) is 0 Å². The quantitative estimate of drug-likeness (QED) is 0.836. The van der Waals surface area contributed by atoms with E-state index in [9.17, 15) is 4.79 Å². The molecule has 5 heteroatoms. The van der Waals surface area contributed by atoms with Crippen molar-refractivity contribution in [2.24, 2.45) is 5.41 Å². The number of nitrogens with zero attached hydrogens (tertiary/aromatic N) is 1. The fourth-order valence-corrected chi connectivity index (χ4v) is 4.37. The lowest BCUT2D eigenvalue weighted by atomic mass is 9.73. The van der Waals surface area contributed by atoms with Crippen molar-refractivity contribution in [2.75, 3.05) is 32.9 Å². The third kappa shape index (κ3) is 3.36. The van der Waals surface area contributed by atoms with Gasteiger partial charge in [-0.05, 0) is 48.6 Å². The number of rotatable bonds is 5. The predicted octanol–water partition coefficient (Wildman–Crippen LogP) is 2.72. The molecule has 0 spiro atoms. The molecule has 0 bridgehead atoms. The van der Waals surface area contributed by atoms with Crippen LogP contribution in [0.1, 0.15) is 31.7 Å². The van der Waals surface area contributed by atoms with Crippen molar-refractivity contribution in [3.05, 3.63) is 22.4 Å². The van der Waals surface area contributed by atoms with E-state index in [0.717, 1.165) is 51.1 Å². The SMILES string of the molecule is CCOC[C@]12CCCO[C@H]1CCN(C(=O)Cc1ccsc1)C2. The number of ether oxygens (including phenoxy) is 2. The molecule has 2 fully saturated rings. The smallest absolute Gasteiger partial charge is 0.227 e. The normalized spacial score (nSPS) is 28.4. The number of hydrogen-bond acceptors (Lipinski definition) is 4. The van der Waals surface area contributed by atoms with Gasteiger partial charge in [-0.15, -0.1) is 0 Å². The summed E-state index contributed by atoms with van der Waals surface area (Å²) in [4.78, 5) is 14.6. The zero-order valence-corrected chi connectivity index (χ0v) is 14.1. The first-order valence-corrected chi connectivity index (χ1v) is 9.16. The molecule has 0 radical (unpaired) electrons. The summed E-state index contributed by atoms with van der Waals surface area (Å²) in [7, 11) is 0. The number of likely N-dealkylation sites (tertiary alicyclic amines) is 1. The summed E-state index contributed by atoms with van der Waals surface area (Å²) >= 11 is 1.65. The highest BCUT2D eigenvalue weighted by Gasteiger charge is 2.47. The molecular weight excluding hydrogens is 298 g/mol. The molecule has 122 valence electrons. The third-order valence-corrected chi connectivity index (χ3v) is 5.60. The van der Waals surface area contributed by atoms with Crippen molar-refractivity contribution >= 4 is 17.2 Å². The summed E-state index contributed by atoms with van der Waals surface area (Å²) < 4.78 is 11.8. The van der Waals surface area contributed by atoms with Crippen LogP contribution < -0.4 is 0 Å². The average Bonchev–Trinajstić information content (AvgIpc) is 3.05. The van der Waals surface area contributed by atoms with Gasteiger partial charge in [0.2, 0.25) is 5.91 Å². The molecule has 2 saturated heterocycles. The van der Waals surface area contributed by atoms with Crippen LogP contribution in [0.3, 0.4) is 0 Å². The van der Waals surface area contributed by atoms with Crippen LogP contribution in [0.5, 0.6) is 0 Å². The number of piperidine rings is 1. The highest BCUT2D eigenvalue weighted by atomic mass is 32.1. The van der Waals surface area contributed by atoms with Gasteiger partial charge in [-0.3, -0.25) is 4.79 Å². The maximum absolute atomic E-state index is 12.6. The van der Waals surface area contributed by atoms with Gasteiger partial charge in [0.15, 0.2) is 0 Å². The van der Waals surface area contributed by atoms with Gasteiger partial charge >= 0.3 is 0 Å². The number of amides is 1. The molecule has 4 nitrogen and oxygen atoms in total. The van der Waals surface area contributed by atoms with Crippen LogP contribution in [-0.4, -0.2) is 49.8 Å². The minimum Gasteiger partial charge on any atom is -0.381 e. The Bertz CT molecular complexity index is 490. The van der Waals surface area contributed by atoms with Crippen LogP contribution in [0.2, 0.25) is 0 Å². The lowest BCUT2D eigenvalue weighted by Crippen LogP contribution is -2.58. The predicted molar refractivity (Wildman–Crippen MR) is 87.1 cm³/mol. The Hall–Kier alpha value is -0.910. The molecule has 1 amide bonds. The number of thiophene rings is 1. The van der Waals surface area contributed by atoms with Gasteiger partial charge in [0.25, 0.3) is 0 Å². The van der Waals surface area contributed by atoms with Crippen LogP contribution in [0, 0.1) is 5.41 Å². The molecule has 0 unspecified atom stereocenters. The van der Waals surface area contributed by atoms with Crippen molar-refractivity contribution in [1.29, 1.82) is 0 Å². The maximum Gasteiger partial charge on any atom is 0.227 e. The number of hydrogen-bond donors (Lipinski definition) is 0. The van der Waals surface area contributed by atoms with E-state index in [1.54, 1.807) is 11.3 Å². The second-order valence-corrected chi connectivity index (χ2v) is 7.15. The van der Waals surface area contributed by atoms with Gasteiger partial charge in [-0.25, -0.2) is 0 Å². The fourth-order valence-electron chi connectivity index (χ4n) is 3.70. The first-order chi connectivity index (χ1) is 10.7. The van der Waals surface area contributed by atoms with Gasteiger partial charge in [-0.2, -0.15) is 11.3 Å². The molecule has 0 aromatic carbocycles. The van der Waals surface area contributed by atoms with Crippen LogP contribution in [0.25, 0.3) is 0 Å². The van der Waals surface area contributed by atoms with E-state index >= 15 is 0 Å². The maximum atomic E-state index is 12.6. The molecule has 22 heavy (non-hydrogen) atoms. The van der Waals surface area contributed by atoms with E-state index in [1.165, 1.54) is 0 Å². The largest absolute Gasteiger partial charge is 0.381 e. The van der Waals surface area contributed by atoms with Crippen molar-refractivity contribution in [3.8, 4) is 0 Å². The van der Waals surface area contributed by atoms with Crippen LogP contribution >= 0.6 is 11.3 Å². The van der Waals surface area contributed by atoms with E-state index < -0.39 is 0 Å². The first kappa shape index (κ1) is 16.0. The minimum absolute atomic E-state index is 0.00316. The van der Waals surface area contributed by atoms with Crippen LogP contribution in [-0.2, 0) is 20.7 Å². The Labute approximate surface area is 136 Å². The fraction of sp³-hybridized carbons (Fsp3) is 0.706. The summed E-state index contributed by atoms with van der Waals surface area (Å²) in [6.07, 6.45) is 3.86. The summed E-state index contributed by atoms with van der Waals surface area (Å²) in [6.45, 7) is 5.88. The second kappa shape index (κ2) is 7.11. The lowest BCUT2D eigenvalue weighted by molar-refractivity contribution is -0.163. The lowest BCUT2D eigenvalue weighted by Gasteiger charge is -2.50. The number of fused-ring (bicyclic) bond motifs is 1. The van der Waals surface area contributed by atoms with Crippen molar-refractivity contribution in [3.63, 3.8) is 0 Å². The minimum atomic E-state index is -0.00316. The first-order valence-electron chi connectivity index (χ1n) is 8.22. The van der Waals surface area contributed by atoms with Crippen LogP contribution in [0.15, 0.2) is 16.8 Å². The summed E-state index contributed by atoms with van der Waals surface area (Å²) in [5.41, 5.74) is 1.12. The molecule has 1 aromatic heterocycles. The zero-order valence-electron chi connectivity index (χ0n) is 13.3. The van der Waals surface area contributed by atoms with Gasteiger partial charge in [0, 0.05) is 31.7 Å². The number of carbonyl (C=O) groups excluding carboxylic acids is 1. The monoisotopic (exact) mass is 323 g/mol. The molecule has 2 aliphatic heterocycles. The average molecular weight is 323 g/mol. The Kier molecular flexibility index (Phi) is 5.16. The Morgan fingerprint density at radius 2 is 2.50 bits per heavy atom. The molecule has 0 N–H and O–H groups in total. The second-order valence-electron chi connectivity index (χ2n) is 6.37. The van der Waals surface area contributed by atoms with Gasteiger partial charge in [0.05, 0.1) is 19.1 Å². The molecule has 3 rings (SSSR count). The van der Waals surface area contributed by atoms with Gasteiger partial charge in [0.1, 0.15) is 0 Å². The third-order valence-electron chi connectivity index (χ3n) is 4.87. The highest BCUT2D eigenvalue weighted by Crippen LogP contribution is 2.40. The van der Waals surface area contributed by atoms with E-state index in [2.05, 4.69) is 5.38 Å². The molecule has 2 atom stereocenters. The standard InChI is InChI=1S/C17H25NO3S/c1-2-20-13-17-6-3-8-21-15(17)4-7-18(12-17)16(19)10-14-5-9-22-11-14/h5,9,11,15H,2-4,6-8,10,12-13H2,1H3/t15-,17+/m0/s1. The van der Waals surface area contributed by atoms with Crippen molar-refractivity contribution in [1.82, 2.24) is 4.90 Å². The molecule has 0 aliphatic carbocycles. The summed E-state index contributed by atoms with van der Waals surface area (Å²) in [5, 5.41) is 4.09. The van der Waals surface area contributed by atoms with Crippen molar-refractivity contribution < 1.29 is 14.3 Å². The highest BCUT2D eigenvalue weighted by molar-refractivity contribution is 7.07. The Balaban J connectivity index is 1.68. The van der Waals surface area contributed by atoms with Gasteiger partial charge < -0.3 is 14.4 Å². The van der Waals surface area contributed by atoms with Crippen molar-refractivity contribution in [2.45, 2.75) is 38.7 Å². The van der Waals surface area contributed by atoms with E-state index in [1.807, 2.05) is 23.3 Å². The zero-order chi connectivity index (χ0) is 15.4. The van der Waals surface area contributed by atoms with E-state index in [0.29, 0.717) is 13.0 Å².